The van der Waals surface area contributed by atoms with E-state index in [0.29, 0.717) is 12.2 Å². The van der Waals surface area contributed by atoms with Crippen LogP contribution in [0.15, 0.2) is 47.5 Å². The van der Waals surface area contributed by atoms with Crippen molar-refractivity contribution >= 4 is 21.5 Å². The average Bonchev–Trinajstić information content (AvgIpc) is 2.83. The van der Waals surface area contributed by atoms with Gasteiger partial charge in [0, 0.05) is 18.3 Å². The molecule has 1 aromatic heterocycles. The highest BCUT2D eigenvalue weighted by Crippen LogP contribution is 2.36. The predicted octanol–water partition coefficient (Wildman–Crippen LogP) is 1.51. The van der Waals surface area contributed by atoms with Gasteiger partial charge in [0.2, 0.25) is 0 Å². The van der Waals surface area contributed by atoms with Gasteiger partial charge in [0.05, 0.1) is 10.6 Å². The topological polar surface area (TPSA) is 88.3 Å². The summed E-state index contributed by atoms with van der Waals surface area (Å²) in [6.07, 6.45) is 2.14. The van der Waals surface area contributed by atoms with Crippen molar-refractivity contribution in [2.75, 3.05) is 9.73 Å². The highest BCUT2D eigenvalue weighted by atomic mass is 32.2. The molecule has 0 fully saturated rings. The lowest BCUT2D eigenvalue weighted by molar-refractivity contribution is 0.584. The summed E-state index contributed by atoms with van der Waals surface area (Å²) in [5.74, 6) is 5.61. The molecule has 0 aliphatic carbocycles. The zero-order chi connectivity index (χ0) is 15.0. The van der Waals surface area contributed by atoms with Crippen molar-refractivity contribution in [2.24, 2.45) is 5.84 Å². The first-order valence-corrected chi connectivity index (χ1v) is 8.03. The normalized spacial score (nSPS) is 17.6. The number of hydrazine groups is 1. The molecule has 2 heterocycles. The first-order valence-electron chi connectivity index (χ1n) is 6.59. The fourth-order valence-electron chi connectivity index (χ4n) is 2.67. The smallest absolute Gasteiger partial charge is 0.264 e. The van der Waals surface area contributed by atoms with Crippen LogP contribution >= 0.6 is 0 Å². The molecule has 110 valence electrons. The first-order chi connectivity index (χ1) is 10.0. The maximum absolute atomic E-state index is 12.9. The Labute approximate surface area is 123 Å². The summed E-state index contributed by atoms with van der Waals surface area (Å²) < 4.78 is 27.3. The summed E-state index contributed by atoms with van der Waals surface area (Å²) >= 11 is 0. The molecule has 21 heavy (non-hydrogen) atoms. The molecule has 1 aliphatic rings. The van der Waals surface area contributed by atoms with Gasteiger partial charge in [-0.25, -0.2) is 19.2 Å². The summed E-state index contributed by atoms with van der Waals surface area (Å²) in [4.78, 5) is 4.12. The van der Waals surface area contributed by atoms with Gasteiger partial charge in [-0.05, 0) is 31.0 Å². The molecule has 0 saturated heterocycles. The van der Waals surface area contributed by atoms with E-state index >= 15 is 0 Å². The summed E-state index contributed by atoms with van der Waals surface area (Å²) in [6.45, 7) is 1.90. The Hall–Kier alpha value is -2.12. The second-order valence-corrected chi connectivity index (χ2v) is 6.82. The second-order valence-electron chi connectivity index (χ2n) is 5.00. The van der Waals surface area contributed by atoms with Gasteiger partial charge in [0.1, 0.15) is 5.82 Å². The van der Waals surface area contributed by atoms with Crippen LogP contribution in [-0.4, -0.2) is 19.4 Å². The standard InChI is InChI=1S/C14H16N4O2S/c1-10-8-11-4-2-3-5-13(11)18(10)21(19,20)12-6-7-16-14(9-12)17-15/h2-7,9-10H,8,15H2,1H3,(H,16,17). The Balaban J connectivity index is 2.10. The Kier molecular flexibility index (Phi) is 3.30. The Morgan fingerprint density at radius 3 is 2.86 bits per heavy atom. The van der Waals surface area contributed by atoms with E-state index in [9.17, 15) is 8.42 Å². The van der Waals surface area contributed by atoms with Crippen molar-refractivity contribution < 1.29 is 8.42 Å². The molecule has 1 aromatic carbocycles. The lowest BCUT2D eigenvalue weighted by Crippen LogP contribution is -2.35. The molecule has 1 unspecified atom stereocenters. The van der Waals surface area contributed by atoms with Crippen LogP contribution < -0.4 is 15.6 Å². The minimum Gasteiger partial charge on any atom is -0.308 e. The number of nitrogens with zero attached hydrogens (tertiary/aromatic N) is 2. The number of hydrogen-bond donors (Lipinski definition) is 2. The van der Waals surface area contributed by atoms with Crippen molar-refractivity contribution in [1.29, 1.82) is 0 Å². The van der Waals surface area contributed by atoms with Crippen LogP contribution in [0.1, 0.15) is 12.5 Å². The van der Waals surface area contributed by atoms with Gasteiger partial charge in [-0.3, -0.25) is 4.31 Å². The lowest BCUT2D eigenvalue weighted by atomic mass is 10.1. The summed E-state index contributed by atoms with van der Waals surface area (Å²) in [5, 5.41) is 0. The fraction of sp³-hybridized carbons (Fsp3) is 0.214. The van der Waals surface area contributed by atoms with Crippen LogP contribution in [0.4, 0.5) is 11.5 Å². The number of sulfonamides is 1. The monoisotopic (exact) mass is 304 g/mol. The number of para-hydroxylation sites is 1. The van der Waals surface area contributed by atoms with Crippen LogP contribution in [-0.2, 0) is 16.4 Å². The molecule has 0 saturated carbocycles. The van der Waals surface area contributed by atoms with Crippen molar-refractivity contribution in [3.8, 4) is 0 Å². The minimum absolute atomic E-state index is 0.116. The number of aromatic nitrogens is 1. The second kappa shape index (κ2) is 5.01. The van der Waals surface area contributed by atoms with E-state index in [1.54, 1.807) is 0 Å². The number of nitrogens with two attached hydrogens (primary N) is 1. The number of rotatable bonds is 3. The fourth-order valence-corrected chi connectivity index (χ4v) is 4.37. The van der Waals surface area contributed by atoms with E-state index in [1.807, 2.05) is 31.2 Å². The summed E-state index contributed by atoms with van der Waals surface area (Å²) in [5.41, 5.74) is 4.15. The quantitative estimate of drug-likeness (QED) is 0.663. The largest absolute Gasteiger partial charge is 0.308 e. The van der Waals surface area contributed by atoms with Crippen LogP contribution in [0.3, 0.4) is 0 Å². The molecular formula is C14H16N4O2S. The molecule has 6 nitrogen and oxygen atoms in total. The molecule has 1 aliphatic heterocycles. The molecule has 0 spiro atoms. The number of nitrogen functional groups attached to an aromatic ring is 1. The van der Waals surface area contributed by atoms with Crippen molar-refractivity contribution in [3.63, 3.8) is 0 Å². The molecular weight excluding hydrogens is 288 g/mol. The van der Waals surface area contributed by atoms with Crippen LogP contribution in [0.25, 0.3) is 0 Å². The Morgan fingerprint density at radius 2 is 2.10 bits per heavy atom. The maximum atomic E-state index is 12.9. The maximum Gasteiger partial charge on any atom is 0.264 e. The first kappa shape index (κ1) is 13.8. The van der Waals surface area contributed by atoms with Gasteiger partial charge in [-0.2, -0.15) is 0 Å². The molecule has 3 N–H and O–H groups in total. The third kappa shape index (κ3) is 2.24. The van der Waals surface area contributed by atoms with Gasteiger partial charge in [-0.15, -0.1) is 0 Å². The van der Waals surface area contributed by atoms with E-state index in [4.69, 9.17) is 5.84 Å². The van der Waals surface area contributed by atoms with Gasteiger partial charge >= 0.3 is 0 Å². The third-order valence-electron chi connectivity index (χ3n) is 3.58. The highest BCUT2D eigenvalue weighted by molar-refractivity contribution is 7.92. The zero-order valence-electron chi connectivity index (χ0n) is 11.5. The molecule has 3 rings (SSSR count). The number of anilines is 2. The average molecular weight is 304 g/mol. The van der Waals surface area contributed by atoms with E-state index in [1.165, 1.54) is 22.6 Å². The molecule has 1 atom stereocenters. The summed E-state index contributed by atoms with van der Waals surface area (Å²) in [7, 11) is -3.64. The Bertz CT molecular complexity index is 776. The number of nitrogens with one attached hydrogen (secondary N) is 1. The van der Waals surface area contributed by atoms with Crippen molar-refractivity contribution in [1.82, 2.24) is 4.98 Å². The van der Waals surface area contributed by atoms with Crippen LogP contribution in [0.5, 0.6) is 0 Å². The SMILES string of the molecule is CC1Cc2ccccc2N1S(=O)(=O)c1ccnc(NN)c1. The third-order valence-corrected chi connectivity index (χ3v) is 5.50. The molecule has 0 radical (unpaired) electrons. The molecule has 0 amide bonds. The van der Waals surface area contributed by atoms with Crippen molar-refractivity contribution in [2.45, 2.75) is 24.3 Å². The molecule has 7 heteroatoms. The van der Waals surface area contributed by atoms with Gasteiger partial charge in [0.25, 0.3) is 10.0 Å². The number of hydrogen-bond acceptors (Lipinski definition) is 5. The molecule has 0 bridgehead atoms. The van der Waals surface area contributed by atoms with E-state index < -0.39 is 10.0 Å². The number of pyridine rings is 1. The predicted molar refractivity (Wildman–Crippen MR) is 81.3 cm³/mol. The Morgan fingerprint density at radius 1 is 1.33 bits per heavy atom. The number of benzene rings is 1. The van der Waals surface area contributed by atoms with E-state index in [0.717, 1.165) is 11.3 Å². The zero-order valence-corrected chi connectivity index (χ0v) is 12.3. The van der Waals surface area contributed by atoms with Crippen LogP contribution in [0, 0.1) is 0 Å². The molecule has 2 aromatic rings. The highest BCUT2D eigenvalue weighted by Gasteiger charge is 2.35. The summed E-state index contributed by atoms with van der Waals surface area (Å²) in [6, 6.07) is 10.4. The van der Waals surface area contributed by atoms with Crippen molar-refractivity contribution in [3.05, 3.63) is 48.2 Å². The van der Waals surface area contributed by atoms with Gasteiger partial charge in [-0.1, -0.05) is 18.2 Å². The van der Waals surface area contributed by atoms with E-state index in [2.05, 4.69) is 10.4 Å². The minimum atomic E-state index is -3.64. The lowest BCUT2D eigenvalue weighted by Gasteiger charge is -2.24. The number of fused-ring (bicyclic) bond motifs is 1. The van der Waals surface area contributed by atoms with E-state index in [-0.39, 0.29) is 10.9 Å². The van der Waals surface area contributed by atoms with Gasteiger partial charge < -0.3 is 5.43 Å². The van der Waals surface area contributed by atoms with Crippen LogP contribution in [0.2, 0.25) is 0 Å². The van der Waals surface area contributed by atoms with Gasteiger partial charge in [0.15, 0.2) is 0 Å².